The molecule has 0 bridgehead atoms. The summed E-state index contributed by atoms with van der Waals surface area (Å²) in [6.45, 7) is 2.23. The molecule has 0 radical (unpaired) electrons. The first-order valence-electron chi connectivity index (χ1n) is 9.49. The van der Waals surface area contributed by atoms with Gasteiger partial charge in [0.15, 0.2) is 0 Å². The van der Waals surface area contributed by atoms with Crippen molar-refractivity contribution in [3.8, 4) is 0 Å². The van der Waals surface area contributed by atoms with Crippen LogP contribution in [0.3, 0.4) is 0 Å². The third-order valence-electron chi connectivity index (χ3n) is 5.30. The SMILES string of the molecule is CCCCCCCCC(=O)[C@H]1CC[C@H](c2ccc(F)cc2)CC1. The fraction of sp³-hybridized carbons (Fsp3) is 0.667. The Hall–Kier alpha value is -1.18. The molecule has 128 valence electrons. The summed E-state index contributed by atoms with van der Waals surface area (Å²) in [5, 5.41) is 0. The van der Waals surface area contributed by atoms with Gasteiger partial charge >= 0.3 is 0 Å². The van der Waals surface area contributed by atoms with E-state index in [4.69, 9.17) is 0 Å². The Morgan fingerprint density at radius 2 is 1.57 bits per heavy atom. The van der Waals surface area contributed by atoms with Gasteiger partial charge in [0, 0.05) is 12.3 Å². The van der Waals surface area contributed by atoms with Gasteiger partial charge in [-0.2, -0.15) is 0 Å². The number of benzene rings is 1. The summed E-state index contributed by atoms with van der Waals surface area (Å²) in [7, 11) is 0. The van der Waals surface area contributed by atoms with E-state index in [1.165, 1.54) is 37.7 Å². The molecule has 1 fully saturated rings. The van der Waals surface area contributed by atoms with Crippen molar-refractivity contribution >= 4 is 5.78 Å². The molecule has 1 aliphatic rings. The van der Waals surface area contributed by atoms with Gasteiger partial charge in [-0.15, -0.1) is 0 Å². The molecule has 0 aliphatic heterocycles. The quantitative estimate of drug-likeness (QED) is 0.480. The van der Waals surface area contributed by atoms with E-state index in [1.54, 1.807) is 12.1 Å². The topological polar surface area (TPSA) is 17.1 Å². The minimum Gasteiger partial charge on any atom is -0.299 e. The molecular formula is C21H31FO. The summed E-state index contributed by atoms with van der Waals surface area (Å²) in [4.78, 5) is 12.3. The van der Waals surface area contributed by atoms with Crippen molar-refractivity contribution in [3.63, 3.8) is 0 Å². The number of rotatable bonds is 9. The van der Waals surface area contributed by atoms with Gasteiger partial charge in [0.1, 0.15) is 11.6 Å². The molecule has 0 atom stereocenters. The number of unbranched alkanes of at least 4 members (excludes halogenated alkanes) is 5. The van der Waals surface area contributed by atoms with Gasteiger partial charge in [0.2, 0.25) is 0 Å². The molecule has 0 N–H and O–H groups in total. The van der Waals surface area contributed by atoms with Gasteiger partial charge in [-0.25, -0.2) is 4.39 Å². The first-order chi connectivity index (χ1) is 11.2. The molecule has 0 heterocycles. The Labute approximate surface area is 140 Å². The lowest BCUT2D eigenvalue weighted by molar-refractivity contribution is -0.124. The Morgan fingerprint density at radius 1 is 0.957 bits per heavy atom. The van der Waals surface area contributed by atoms with Crippen molar-refractivity contribution in [2.45, 2.75) is 83.5 Å². The second-order valence-electron chi connectivity index (χ2n) is 7.08. The molecule has 1 aromatic rings. The van der Waals surface area contributed by atoms with Crippen LogP contribution in [0, 0.1) is 11.7 Å². The van der Waals surface area contributed by atoms with E-state index in [9.17, 15) is 9.18 Å². The van der Waals surface area contributed by atoms with Crippen LogP contribution in [-0.2, 0) is 4.79 Å². The van der Waals surface area contributed by atoms with Crippen LogP contribution in [0.25, 0.3) is 0 Å². The Bertz CT molecular complexity index is 457. The fourth-order valence-electron chi connectivity index (χ4n) is 3.77. The molecule has 0 unspecified atom stereocenters. The molecule has 2 rings (SSSR count). The summed E-state index contributed by atoms with van der Waals surface area (Å²) in [5.74, 6) is 1.10. The van der Waals surface area contributed by atoms with Crippen molar-refractivity contribution in [1.29, 1.82) is 0 Å². The highest BCUT2D eigenvalue weighted by Crippen LogP contribution is 2.36. The highest BCUT2D eigenvalue weighted by Gasteiger charge is 2.26. The first-order valence-corrected chi connectivity index (χ1v) is 9.49. The zero-order valence-corrected chi connectivity index (χ0v) is 14.5. The Morgan fingerprint density at radius 3 is 2.22 bits per heavy atom. The highest BCUT2D eigenvalue weighted by atomic mass is 19.1. The predicted octanol–water partition coefficient (Wildman–Crippen LogP) is 6.42. The maximum atomic E-state index is 13.0. The van der Waals surface area contributed by atoms with E-state index in [-0.39, 0.29) is 11.7 Å². The van der Waals surface area contributed by atoms with Gasteiger partial charge in [-0.3, -0.25) is 4.79 Å². The molecule has 1 nitrogen and oxygen atoms in total. The zero-order chi connectivity index (χ0) is 16.5. The number of carbonyl (C=O) groups excluding carboxylic acids is 1. The number of halogens is 1. The van der Waals surface area contributed by atoms with Crippen LogP contribution in [0.1, 0.15) is 89.0 Å². The maximum Gasteiger partial charge on any atom is 0.135 e. The lowest BCUT2D eigenvalue weighted by Gasteiger charge is -2.28. The van der Waals surface area contributed by atoms with Gasteiger partial charge in [-0.05, 0) is 55.7 Å². The fourth-order valence-corrected chi connectivity index (χ4v) is 3.77. The number of ketones is 1. The van der Waals surface area contributed by atoms with Crippen LogP contribution in [0.5, 0.6) is 0 Å². The van der Waals surface area contributed by atoms with E-state index < -0.39 is 0 Å². The van der Waals surface area contributed by atoms with E-state index >= 15 is 0 Å². The third kappa shape index (κ3) is 6.08. The summed E-state index contributed by atoms with van der Waals surface area (Å²) in [6.07, 6.45) is 12.4. The summed E-state index contributed by atoms with van der Waals surface area (Å²) in [6, 6.07) is 6.90. The second-order valence-corrected chi connectivity index (χ2v) is 7.08. The Balaban J connectivity index is 1.65. The number of Topliss-reactive ketones (excluding diaryl/α,β-unsaturated/α-hetero) is 1. The van der Waals surface area contributed by atoms with Crippen LogP contribution in [0.2, 0.25) is 0 Å². The first kappa shape index (κ1) is 18.2. The van der Waals surface area contributed by atoms with Crippen molar-refractivity contribution in [2.24, 2.45) is 5.92 Å². The molecule has 0 saturated heterocycles. The van der Waals surface area contributed by atoms with Crippen LogP contribution in [0.15, 0.2) is 24.3 Å². The Kier molecular flexibility index (Phi) is 7.78. The summed E-state index contributed by atoms with van der Waals surface area (Å²) in [5.41, 5.74) is 1.23. The average Bonchev–Trinajstić information content (AvgIpc) is 2.58. The third-order valence-corrected chi connectivity index (χ3v) is 5.30. The normalized spacial score (nSPS) is 21.3. The maximum absolute atomic E-state index is 13.0. The van der Waals surface area contributed by atoms with E-state index in [0.717, 1.165) is 38.5 Å². The van der Waals surface area contributed by atoms with E-state index in [1.807, 2.05) is 12.1 Å². The highest BCUT2D eigenvalue weighted by molar-refractivity contribution is 5.81. The lowest BCUT2D eigenvalue weighted by atomic mass is 9.76. The van der Waals surface area contributed by atoms with Gasteiger partial charge < -0.3 is 0 Å². The average molecular weight is 318 g/mol. The minimum atomic E-state index is -0.170. The van der Waals surface area contributed by atoms with Crippen molar-refractivity contribution < 1.29 is 9.18 Å². The molecule has 1 aliphatic carbocycles. The molecule has 1 saturated carbocycles. The van der Waals surface area contributed by atoms with Crippen molar-refractivity contribution in [1.82, 2.24) is 0 Å². The van der Waals surface area contributed by atoms with Gasteiger partial charge in [0.25, 0.3) is 0 Å². The van der Waals surface area contributed by atoms with Gasteiger partial charge in [0.05, 0.1) is 0 Å². The predicted molar refractivity (Wildman–Crippen MR) is 94.1 cm³/mol. The molecule has 2 heteroatoms. The lowest BCUT2D eigenvalue weighted by Crippen LogP contribution is -2.21. The minimum absolute atomic E-state index is 0.170. The van der Waals surface area contributed by atoms with Crippen LogP contribution < -0.4 is 0 Å². The van der Waals surface area contributed by atoms with Crippen molar-refractivity contribution in [3.05, 3.63) is 35.6 Å². The standard InChI is InChI=1S/C21H31FO/c1-2-3-4-5-6-7-8-21(23)19-11-9-17(10-12-19)18-13-15-20(22)16-14-18/h13-17,19H,2-12H2,1H3/t17-,19-. The smallest absolute Gasteiger partial charge is 0.135 e. The van der Waals surface area contributed by atoms with Gasteiger partial charge in [-0.1, -0.05) is 51.2 Å². The van der Waals surface area contributed by atoms with Crippen LogP contribution in [-0.4, -0.2) is 5.78 Å². The number of hydrogen-bond acceptors (Lipinski definition) is 1. The summed E-state index contributed by atoms with van der Waals surface area (Å²) < 4.78 is 13.0. The molecule has 23 heavy (non-hydrogen) atoms. The van der Waals surface area contributed by atoms with E-state index in [0.29, 0.717) is 11.7 Å². The molecule has 0 amide bonds. The zero-order valence-electron chi connectivity index (χ0n) is 14.5. The molecule has 0 spiro atoms. The number of hydrogen-bond donors (Lipinski definition) is 0. The monoisotopic (exact) mass is 318 g/mol. The largest absolute Gasteiger partial charge is 0.299 e. The number of carbonyl (C=O) groups is 1. The van der Waals surface area contributed by atoms with Crippen LogP contribution >= 0.6 is 0 Å². The second kappa shape index (κ2) is 9.85. The molecule has 1 aromatic carbocycles. The molecular weight excluding hydrogens is 287 g/mol. The van der Waals surface area contributed by atoms with Crippen molar-refractivity contribution in [2.75, 3.05) is 0 Å². The molecule has 0 aromatic heterocycles. The van der Waals surface area contributed by atoms with E-state index in [2.05, 4.69) is 6.92 Å². The van der Waals surface area contributed by atoms with Crippen LogP contribution in [0.4, 0.5) is 4.39 Å². The summed E-state index contributed by atoms with van der Waals surface area (Å²) >= 11 is 0.